The zero-order valence-corrected chi connectivity index (χ0v) is 23.2. The number of aromatic nitrogens is 1. The lowest BCUT2D eigenvalue weighted by atomic mass is 10.1. The number of sulfone groups is 1. The molecule has 220 valence electrons. The summed E-state index contributed by atoms with van der Waals surface area (Å²) in [7, 11) is -5.58. The number of hydrogen-bond acceptors (Lipinski definition) is 7. The van der Waals surface area contributed by atoms with Crippen LogP contribution in [-0.2, 0) is 21.2 Å². The Balaban J connectivity index is 1.27. The highest BCUT2D eigenvalue weighted by atomic mass is 32.2. The predicted octanol–water partition coefficient (Wildman–Crippen LogP) is 3.69. The lowest BCUT2D eigenvalue weighted by Gasteiger charge is -2.36. The van der Waals surface area contributed by atoms with E-state index in [9.17, 15) is 36.0 Å². The molecular formula is C28H26F3N5O5S. The number of amides is 4. The van der Waals surface area contributed by atoms with Crippen LogP contribution in [0.3, 0.4) is 0 Å². The van der Waals surface area contributed by atoms with Gasteiger partial charge in [0.1, 0.15) is 11.7 Å². The molecule has 2 fully saturated rings. The van der Waals surface area contributed by atoms with E-state index in [1.807, 2.05) is 30.3 Å². The Hall–Kier alpha value is -4.46. The maximum absolute atomic E-state index is 13.2. The fraction of sp³-hybridized carbons (Fsp3) is 0.286. The number of rotatable bonds is 6. The van der Waals surface area contributed by atoms with Gasteiger partial charge in [0.05, 0.1) is 10.6 Å². The van der Waals surface area contributed by atoms with Crippen LogP contribution in [0.15, 0.2) is 77.8 Å². The molecule has 2 aliphatic heterocycles. The number of benzene rings is 2. The molecule has 10 nitrogen and oxygen atoms in total. The second-order valence-corrected chi connectivity index (χ2v) is 11.8. The SMILES string of the molecule is CC1C(=O)N(c2ccc(S(=O)(=O)C(F)(F)F)cc2)C(=O)N1Cc1ccnc(C(=O)N2CCN(c3ccccc3)CC2)c1. The van der Waals surface area contributed by atoms with Crippen molar-refractivity contribution < 1.29 is 36.0 Å². The van der Waals surface area contributed by atoms with Crippen molar-refractivity contribution in [1.82, 2.24) is 14.8 Å². The molecule has 0 bridgehead atoms. The molecule has 42 heavy (non-hydrogen) atoms. The summed E-state index contributed by atoms with van der Waals surface area (Å²) in [5.41, 5.74) is -3.72. The first kappa shape index (κ1) is 29.0. The van der Waals surface area contributed by atoms with E-state index in [2.05, 4.69) is 9.88 Å². The molecule has 0 aliphatic carbocycles. The first-order valence-electron chi connectivity index (χ1n) is 13.0. The third kappa shape index (κ3) is 5.41. The highest BCUT2D eigenvalue weighted by Crippen LogP contribution is 2.33. The van der Waals surface area contributed by atoms with Crippen LogP contribution in [0.25, 0.3) is 0 Å². The maximum atomic E-state index is 13.2. The van der Waals surface area contributed by atoms with Crippen molar-refractivity contribution in [3.63, 3.8) is 0 Å². The van der Waals surface area contributed by atoms with Gasteiger partial charge in [-0.1, -0.05) is 18.2 Å². The van der Waals surface area contributed by atoms with Crippen molar-refractivity contribution in [2.24, 2.45) is 0 Å². The normalized spacial score (nSPS) is 18.1. The van der Waals surface area contributed by atoms with Gasteiger partial charge in [-0.15, -0.1) is 0 Å². The lowest BCUT2D eigenvalue weighted by molar-refractivity contribution is -0.119. The van der Waals surface area contributed by atoms with Crippen LogP contribution in [0.1, 0.15) is 23.0 Å². The molecule has 4 amide bonds. The van der Waals surface area contributed by atoms with Gasteiger partial charge in [0.15, 0.2) is 0 Å². The quantitative estimate of drug-likeness (QED) is 0.397. The second kappa shape index (κ2) is 11.1. The molecule has 0 N–H and O–H groups in total. The Labute approximate surface area is 239 Å². The molecule has 1 aromatic heterocycles. The summed E-state index contributed by atoms with van der Waals surface area (Å²) in [5.74, 6) is -0.884. The number of halogens is 3. The lowest BCUT2D eigenvalue weighted by Crippen LogP contribution is -2.49. The van der Waals surface area contributed by atoms with E-state index in [4.69, 9.17) is 0 Å². The van der Waals surface area contributed by atoms with Crippen LogP contribution in [0, 0.1) is 0 Å². The van der Waals surface area contributed by atoms with Crippen molar-refractivity contribution in [1.29, 1.82) is 0 Å². The smallest absolute Gasteiger partial charge is 0.368 e. The number of urea groups is 1. The molecule has 0 saturated carbocycles. The molecule has 2 saturated heterocycles. The highest BCUT2D eigenvalue weighted by Gasteiger charge is 2.47. The van der Waals surface area contributed by atoms with Gasteiger partial charge in [0.2, 0.25) is 0 Å². The van der Waals surface area contributed by atoms with E-state index < -0.39 is 38.2 Å². The van der Waals surface area contributed by atoms with Gasteiger partial charge < -0.3 is 14.7 Å². The van der Waals surface area contributed by atoms with Gasteiger partial charge in [-0.3, -0.25) is 14.6 Å². The minimum Gasteiger partial charge on any atom is -0.368 e. The molecule has 2 aromatic carbocycles. The fourth-order valence-corrected chi connectivity index (χ4v) is 5.68. The average molecular weight is 602 g/mol. The van der Waals surface area contributed by atoms with Crippen LogP contribution in [0.5, 0.6) is 0 Å². The monoisotopic (exact) mass is 601 g/mol. The summed E-state index contributed by atoms with van der Waals surface area (Å²) in [5, 5.41) is 0. The topological polar surface area (TPSA) is 111 Å². The minimum absolute atomic E-state index is 0.0344. The van der Waals surface area contributed by atoms with Crippen molar-refractivity contribution in [3.8, 4) is 0 Å². The van der Waals surface area contributed by atoms with E-state index >= 15 is 0 Å². The molecule has 14 heteroatoms. The maximum Gasteiger partial charge on any atom is 0.501 e. The summed E-state index contributed by atoms with van der Waals surface area (Å²) in [6, 6.07) is 14.8. The summed E-state index contributed by atoms with van der Waals surface area (Å²) < 4.78 is 61.9. The Morgan fingerprint density at radius 3 is 2.19 bits per heavy atom. The van der Waals surface area contributed by atoms with Gasteiger partial charge in [-0.05, 0) is 61.0 Å². The largest absolute Gasteiger partial charge is 0.501 e. The van der Waals surface area contributed by atoms with E-state index in [1.165, 1.54) is 18.0 Å². The first-order chi connectivity index (χ1) is 19.9. The number of anilines is 2. The third-order valence-electron chi connectivity index (χ3n) is 7.28. The van der Waals surface area contributed by atoms with Gasteiger partial charge in [0.25, 0.3) is 21.7 Å². The number of imide groups is 1. The van der Waals surface area contributed by atoms with Gasteiger partial charge >= 0.3 is 11.5 Å². The number of para-hydroxylation sites is 1. The number of alkyl halides is 3. The van der Waals surface area contributed by atoms with Gasteiger partial charge in [-0.2, -0.15) is 13.2 Å². The third-order valence-corrected chi connectivity index (χ3v) is 8.78. The molecule has 0 radical (unpaired) electrons. The molecule has 3 aromatic rings. The summed E-state index contributed by atoms with van der Waals surface area (Å²) >= 11 is 0. The highest BCUT2D eigenvalue weighted by molar-refractivity contribution is 7.92. The molecule has 0 spiro atoms. The molecule has 1 unspecified atom stereocenters. The zero-order chi connectivity index (χ0) is 30.2. The Bertz CT molecular complexity index is 1610. The van der Waals surface area contributed by atoms with Crippen molar-refractivity contribution in [3.05, 3.63) is 84.2 Å². The molecule has 5 rings (SSSR count). The number of piperazine rings is 1. The number of carbonyl (C=O) groups is 3. The van der Waals surface area contributed by atoms with E-state index in [0.717, 1.165) is 22.7 Å². The van der Waals surface area contributed by atoms with Crippen molar-refractivity contribution >= 4 is 39.1 Å². The standard InChI is InChI=1S/C28H26F3N5O5S/c1-19-25(37)36(22-7-9-23(10-8-22)42(40,41)28(29,30)31)27(39)35(19)18-20-11-12-32-24(17-20)26(38)34-15-13-33(14-16-34)21-5-3-2-4-6-21/h2-12,17,19H,13-16,18H2,1H3. The van der Waals surface area contributed by atoms with E-state index in [1.54, 1.807) is 17.0 Å². The predicted molar refractivity (Wildman–Crippen MR) is 146 cm³/mol. The van der Waals surface area contributed by atoms with Crippen LogP contribution in [0.4, 0.5) is 29.3 Å². The first-order valence-corrected chi connectivity index (χ1v) is 14.5. The van der Waals surface area contributed by atoms with Gasteiger partial charge in [0, 0.05) is 44.6 Å². The van der Waals surface area contributed by atoms with E-state index in [-0.39, 0.29) is 23.8 Å². The summed E-state index contributed by atoms with van der Waals surface area (Å²) in [4.78, 5) is 48.5. The second-order valence-electron chi connectivity index (χ2n) is 9.87. The van der Waals surface area contributed by atoms with Crippen molar-refractivity contribution in [2.75, 3.05) is 36.0 Å². The van der Waals surface area contributed by atoms with Gasteiger partial charge in [-0.25, -0.2) is 18.1 Å². The minimum atomic E-state index is -5.58. The molecular weight excluding hydrogens is 575 g/mol. The molecule has 3 heterocycles. The Kier molecular flexibility index (Phi) is 7.66. The van der Waals surface area contributed by atoms with Crippen LogP contribution < -0.4 is 9.80 Å². The average Bonchev–Trinajstić information content (AvgIpc) is 3.19. The number of pyridine rings is 1. The number of nitrogens with zero attached hydrogens (tertiary/aromatic N) is 5. The Morgan fingerprint density at radius 1 is 0.929 bits per heavy atom. The molecule has 1 atom stereocenters. The molecule has 2 aliphatic rings. The van der Waals surface area contributed by atoms with E-state index in [0.29, 0.717) is 43.9 Å². The van der Waals surface area contributed by atoms with Crippen LogP contribution in [-0.4, -0.2) is 78.8 Å². The zero-order valence-electron chi connectivity index (χ0n) is 22.4. The Morgan fingerprint density at radius 2 is 1.57 bits per heavy atom. The number of hydrogen-bond donors (Lipinski definition) is 0. The number of carbonyl (C=O) groups excluding carboxylic acids is 3. The summed E-state index contributed by atoms with van der Waals surface area (Å²) in [6.07, 6.45) is 1.45. The van der Waals surface area contributed by atoms with Crippen molar-refractivity contribution in [2.45, 2.75) is 29.9 Å². The van der Waals surface area contributed by atoms with Crippen LogP contribution >= 0.6 is 0 Å². The summed E-state index contributed by atoms with van der Waals surface area (Å²) in [6.45, 7) is 3.81. The van der Waals surface area contributed by atoms with Crippen LogP contribution in [0.2, 0.25) is 0 Å². The fourth-order valence-electron chi connectivity index (χ4n) is 4.91.